The number of nitrogens with one attached hydrogen (secondary N) is 2. The van der Waals surface area contributed by atoms with Crippen molar-refractivity contribution in [2.75, 3.05) is 39.0 Å². The molecule has 0 aliphatic carbocycles. The third kappa shape index (κ3) is 6.64. The summed E-state index contributed by atoms with van der Waals surface area (Å²) in [5.41, 5.74) is -0.900. The lowest BCUT2D eigenvalue weighted by molar-refractivity contribution is -0.137. The van der Waals surface area contributed by atoms with Gasteiger partial charge in [-0.05, 0) is 51.8 Å². The Hall–Kier alpha value is -1.31. The number of rotatable bonds is 7. The third-order valence-corrected chi connectivity index (χ3v) is 3.13. The Labute approximate surface area is 132 Å². The molecule has 1 aromatic rings. The number of hydrogen-bond donors (Lipinski definition) is 2. The van der Waals surface area contributed by atoms with Gasteiger partial charge in [0.1, 0.15) is 0 Å². The molecule has 1 aromatic carbocycles. The summed E-state index contributed by atoms with van der Waals surface area (Å²) >= 11 is 5.51. The van der Waals surface area contributed by atoms with Gasteiger partial charge in [-0.25, -0.2) is 0 Å². The number of halogens is 4. The molecule has 0 saturated heterocycles. The molecule has 0 unspecified atom stereocenters. The first-order valence-corrected chi connectivity index (χ1v) is 7.10. The number of alkyl halides is 3. The molecule has 1 amide bonds. The highest BCUT2D eigenvalue weighted by Gasteiger charge is 2.33. The monoisotopic (exact) mass is 337 g/mol. The zero-order valence-corrected chi connectivity index (χ0v) is 13.2. The first-order valence-electron chi connectivity index (χ1n) is 6.72. The maximum absolute atomic E-state index is 12.7. The van der Waals surface area contributed by atoms with Crippen LogP contribution in [0.25, 0.3) is 0 Å². The van der Waals surface area contributed by atoms with Crippen LogP contribution in [0.3, 0.4) is 0 Å². The van der Waals surface area contributed by atoms with Gasteiger partial charge in [0.25, 0.3) is 0 Å². The molecule has 4 nitrogen and oxygen atoms in total. The highest BCUT2D eigenvalue weighted by atomic mass is 35.5. The fourth-order valence-corrected chi connectivity index (χ4v) is 1.97. The Morgan fingerprint density at radius 2 is 2.00 bits per heavy atom. The van der Waals surface area contributed by atoms with Gasteiger partial charge in [-0.1, -0.05) is 11.6 Å². The number of amides is 1. The summed E-state index contributed by atoms with van der Waals surface area (Å²) in [6, 6.07) is 3.28. The summed E-state index contributed by atoms with van der Waals surface area (Å²) in [4.78, 5) is 13.7. The van der Waals surface area contributed by atoms with E-state index in [9.17, 15) is 18.0 Å². The number of benzene rings is 1. The number of carbonyl (C=O) groups is 1. The number of hydrogen-bond acceptors (Lipinski definition) is 3. The minimum Gasteiger partial charge on any atom is -0.325 e. The van der Waals surface area contributed by atoms with Crippen LogP contribution in [0.1, 0.15) is 12.0 Å². The molecule has 0 heterocycles. The van der Waals surface area contributed by atoms with Gasteiger partial charge in [0.2, 0.25) is 5.91 Å². The van der Waals surface area contributed by atoms with Crippen LogP contribution in [0.5, 0.6) is 0 Å². The van der Waals surface area contributed by atoms with Gasteiger partial charge < -0.3 is 15.5 Å². The molecule has 2 N–H and O–H groups in total. The Bertz CT molecular complexity index is 507. The number of anilines is 1. The second-order valence-electron chi connectivity index (χ2n) is 5.07. The second-order valence-corrected chi connectivity index (χ2v) is 5.48. The summed E-state index contributed by atoms with van der Waals surface area (Å²) in [7, 11) is 3.90. The Kier molecular flexibility index (Phi) is 7.12. The average Bonchev–Trinajstić information content (AvgIpc) is 2.39. The average molecular weight is 338 g/mol. The Balaban J connectivity index is 2.48. The van der Waals surface area contributed by atoms with E-state index in [-0.39, 0.29) is 12.2 Å². The standard InChI is InChI=1S/C14H19ClF3N3O/c1-21(2)7-3-6-19-9-13(22)20-10-4-5-12(15)11(8-10)14(16,17)18/h4-5,8,19H,3,6-7,9H2,1-2H3,(H,20,22). The lowest BCUT2D eigenvalue weighted by Gasteiger charge is -2.12. The Morgan fingerprint density at radius 3 is 2.59 bits per heavy atom. The van der Waals surface area contributed by atoms with Gasteiger partial charge in [0, 0.05) is 5.69 Å². The van der Waals surface area contributed by atoms with Crippen molar-refractivity contribution < 1.29 is 18.0 Å². The van der Waals surface area contributed by atoms with E-state index >= 15 is 0 Å². The normalized spacial score (nSPS) is 11.8. The second kappa shape index (κ2) is 8.36. The van der Waals surface area contributed by atoms with Gasteiger partial charge in [0.15, 0.2) is 0 Å². The Morgan fingerprint density at radius 1 is 1.32 bits per heavy atom. The van der Waals surface area contributed by atoms with E-state index in [1.54, 1.807) is 0 Å². The number of carbonyl (C=O) groups excluding carboxylic acids is 1. The van der Waals surface area contributed by atoms with Crippen molar-refractivity contribution in [1.29, 1.82) is 0 Å². The van der Waals surface area contributed by atoms with Gasteiger partial charge in [-0.3, -0.25) is 4.79 Å². The molecule has 0 aliphatic heterocycles. The van der Waals surface area contributed by atoms with E-state index < -0.39 is 22.7 Å². The van der Waals surface area contributed by atoms with E-state index in [2.05, 4.69) is 10.6 Å². The van der Waals surface area contributed by atoms with Crippen LogP contribution in [0.2, 0.25) is 5.02 Å². The zero-order valence-electron chi connectivity index (χ0n) is 12.4. The largest absolute Gasteiger partial charge is 0.417 e. The van der Waals surface area contributed by atoms with Crippen molar-refractivity contribution in [2.45, 2.75) is 12.6 Å². The highest BCUT2D eigenvalue weighted by molar-refractivity contribution is 6.31. The molecule has 0 spiro atoms. The van der Waals surface area contributed by atoms with Crippen LogP contribution in [-0.4, -0.2) is 44.5 Å². The van der Waals surface area contributed by atoms with Crippen molar-refractivity contribution >= 4 is 23.2 Å². The zero-order chi connectivity index (χ0) is 16.8. The summed E-state index contributed by atoms with van der Waals surface area (Å²) in [6.07, 6.45) is -3.68. The van der Waals surface area contributed by atoms with E-state index in [0.717, 1.165) is 25.1 Å². The molecule has 0 radical (unpaired) electrons. The molecule has 22 heavy (non-hydrogen) atoms. The lowest BCUT2D eigenvalue weighted by atomic mass is 10.2. The van der Waals surface area contributed by atoms with Gasteiger partial charge in [0.05, 0.1) is 17.1 Å². The molecule has 0 atom stereocenters. The minimum absolute atomic E-state index is 0.0391. The smallest absolute Gasteiger partial charge is 0.325 e. The predicted octanol–water partition coefficient (Wildman–Crippen LogP) is 2.84. The maximum Gasteiger partial charge on any atom is 0.417 e. The molecule has 1 rings (SSSR count). The van der Waals surface area contributed by atoms with Gasteiger partial charge in [-0.2, -0.15) is 13.2 Å². The molecule has 8 heteroatoms. The van der Waals surface area contributed by atoms with Crippen LogP contribution >= 0.6 is 11.6 Å². The van der Waals surface area contributed by atoms with E-state index in [1.165, 1.54) is 6.07 Å². The van der Waals surface area contributed by atoms with Crippen LogP contribution in [0, 0.1) is 0 Å². The molecular weight excluding hydrogens is 319 g/mol. The quantitative estimate of drug-likeness (QED) is 0.752. The molecule has 0 bridgehead atoms. The van der Waals surface area contributed by atoms with Crippen LogP contribution < -0.4 is 10.6 Å². The number of nitrogens with zero attached hydrogens (tertiary/aromatic N) is 1. The van der Waals surface area contributed by atoms with Gasteiger partial charge >= 0.3 is 6.18 Å². The van der Waals surface area contributed by atoms with Crippen LogP contribution in [0.15, 0.2) is 18.2 Å². The minimum atomic E-state index is -4.55. The molecule has 0 saturated carbocycles. The first-order chi connectivity index (χ1) is 10.2. The van der Waals surface area contributed by atoms with Crippen molar-refractivity contribution in [3.8, 4) is 0 Å². The summed E-state index contributed by atoms with van der Waals surface area (Å²) < 4.78 is 38.1. The van der Waals surface area contributed by atoms with E-state index in [0.29, 0.717) is 6.54 Å². The summed E-state index contributed by atoms with van der Waals surface area (Å²) in [5, 5.41) is 4.94. The van der Waals surface area contributed by atoms with E-state index in [4.69, 9.17) is 11.6 Å². The molecule has 0 aromatic heterocycles. The highest BCUT2D eigenvalue weighted by Crippen LogP contribution is 2.36. The summed E-state index contributed by atoms with van der Waals surface area (Å²) in [5.74, 6) is -0.402. The molecular formula is C14H19ClF3N3O. The maximum atomic E-state index is 12.7. The van der Waals surface area contributed by atoms with Crippen molar-refractivity contribution in [1.82, 2.24) is 10.2 Å². The molecule has 0 fully saturated rings. The van der Waals surface area contributed by atoms with Crippen LogP contribution in [-0.2, 0) is 11.0 Å². The third-order valence-electron chi connectivity index (χ3n) is 2.80. The van der Waals surface area contributed by atoms with Gasteiger partial charge in [-0.15, -0.1) is 0 Å². The molecule has 124 valence electrons. The topological polar surface area (TPSA) is 44.4 Å². The molecule has 0 aliphatic rings. The SMILES string of the molecule is CN(C)CCCNCC(=O)Nc1ccc(Cl)c(C(F)(F)F)c1. The van der Waals surface area contributed by atoms with Crippen molar-refractivity contribution in [2.24, 2.45) is 0 Å². The van der Waals surface area contributed by atoms with Crippen molar-refractivity contribution in [3.05, 3.63) is 28.8 Å². The lowest BCUT2D eigenvalue weighted by Crippen LogP contribution is -2.30. The van der Waals surface area contributed by atoms with Crippen LogP contribution in [0.4, 0.5) is 18.9 Å². The summed E-state index contributed by atoms with van der Waals surface area (Å²) in [6.45, 7) is 1.58. The van der Waals surface area contributed by atoms with Crippen molar-refractivity contribution in [3.63, 3.8) is 0 Å². The van der Waals surface area contributed by atoms with E-state index in [1.807, 2.05) is 19.0 Å². The fourth-order valence-electron chi connectivity index (χ4n) is 1.75. The first kappa shape index (κ1) is 18.7. The fraction of sp³-hybridized carbons (Fsp3) is 0.500. The predicted molar refractivity (Wildman–Crippen MR) is 81.1 cm³/mol.